The second kappa shape index (κ2) is 12.8. The van der Waals surface area contributed by atoms with E-state index in [4.69, 9.17) is 4.74 Å². The van der Waals surface area contributed by atoms with Crippen LogP contribution in [-0.2, 0) is 16.8 Å². The second-order valence-corrected chi connectivity index (χ2v) is 14.6. The van der Waals surface area contributed by atoms with Crippen LogP contribution in [0.25, 0.3) is 0 Å². The molecule has 0 radical (unpaired) electrons. The van der Waals surface area contributed by atoms with Crippen molar-refractivity contribution in [1.82, 2.24) is 9.88 Å². The molecule has 0 spiro atoms. The number of aromatic carboxylic acids is 1. The fourth-order valence-electron chi connectivity index (χ4n) is 6.71. The summed E-state index contributed by atoms with van der Waals surface area (Å²) in [4.78, 5) is 36.7. The number of carbonyl (C=O) groups excluding carboxylic acids is 1. The molecular formula is C33H47N3O4S. The van der Waals surface area contributed by atoms with Crippen LogP contribution < -0.4 is 9.64 Å². The first kappa shape index (κ1) is 30.0. The molecule has 2 aromatic heterocycles. The molecule has 0 unspecified atom stereocenters. The summed E-state index contributed by atoms with van der Waals surface area (Å²) in [6.07, 6.45) is 13.4. The average Bonchev–Trinajstić information content (AvgIpc) is 3.62. The number of anilines is 1. The van der Waals surface area contributed by atoms with E-state index in [9.17, 15) is 14.7 Å². The van der Waals surface area contributed by atoms with Crippen LogP contribution in [0.5, 0.6) is 5.75 Å². The number of carboxylic acids is 1. The number of pyridine rings is 1. The van der Waals surface area contributed by atoms with Gasteiger partial charge in [-0.1, -0.05) is 27.7 Å². The topological polar surface area (TPSA) is 83.0 Å². The van der Waals surface area contributed by atoms with Crippen molar-refractivity contribution in [2.45, 2.75) is 116 Å². The van der Waals surface area contributed by atoms with E-state index in [0.717, 1.165) is 81.6 Å². The van der Waals surface area contributed by atoms with Crippen LogP contribution in [0, 0.1) is 11.8 Å². The molecule has 1 amide bonds. The van der Waals surface area contributed by atoms with Crippen molar-refractivity contribution in [2.75, 3.05) is 18.0 Å². The van der Waals surface area contributed by atoms with Crippen LogP contribution in [0.4, 0.5) is 5.69 Å². The maximum atomic E-state index is 14.2. The number of hydrogen-bond acceptors (Lipinski definition) is 6. The van der Waals surface area contributed by atoms with Crippen molar-refractivity contribution < 1.29 is 19.4 Å². The molecule has 7 nitrogen and oxygen atoms in total. The van der Waals surface area contributed by atoms with Gasteiger partial charge in [-0.2, -0.15) is 0 Å². The van der Waals surface area contributed by atoms with Crippen molar-refractivity contribution in [2.24, 2.45) is 11.8 Å². The summed E-state index contributed by atoms with van der Waals surface area (Å²) < 4.78 is 6.55. The summed E-state index contributed by atoms with van der Waals surface area (Å²) in [5, 5.41) is 10.2. The summed E-state index contributed by atoms with van der Waals surface area (Å²) in [7, 11) is 0. The molecule has 3 heterocycles. The van der Waals surface area contributed by atoms with Gasteiger partial charge in [0.05, 0.1) is 18.0 Å². The van der Waals surface area contributed by atoms with E-state index in [2.05, 4.69) is 43.6 Å². The Hall–Kier alpha value is -2.45. The summed E-state index contributed by atoms with van der Waals surface area (Å²) in [5.74, 6) is 0.638. The molecule has 3 aliphatic rings. The van der Waals surface area contributed by atoms with E-state index in [-0.39, 0.29) is 34.3 Å². The Morgan fingerprint density at radius 1 is 1.07 bits per heavy atom. The lowest BCUT2D eigenvalue weighted by Gasteiger charge is -2.39. The van der Waals surface area contributed by atoms with Crippen molar-refractivity contribution in [1.29, 1.82) is 0 Å². The quantitative estimate of drug-likeness (QED) is 0.353. The normalized spacial score (nSPS) is 25.7. The first-order valence-electron chi connectivity index (χ1n) is 15.6. The number of carboxylic acid groups (broad SMARTS) is 1. The number of ether oxygens (including phenoxy) is 1. The fraction of sp³-hybridized carbons (Fsp3) is 0.667. The number of hydrogen-bond donors (Lipinski definition) is 1. The molecule has 0 bridgehead atoms. The van der Waals surface area contributed by atoms with E-state index in [1.165, 1.54) is 29.7 Å². The Morgan fingerprint density at radius 3 is 2.39 bits per heavy atom. The number of likely N-dealkylation sites (tertiary alicyclic amines) is 1. The lowest BCUT2D eigenvalue weighted by molar-refractivity contribution is -0.124. The van der Waals surface area contributed by atoms with Gasteiger partial charge in [0.15, 0.2) is 0 Å². The molecule has 1 saturated heterocycles. The van der Waals surface area contributed by atoms with Gasteiger partial charge < -0.3 is 14.7 Å². The van der Waals surface area contributed by atoms with Gasteiger partial charge in [0, 0.05) is 35.1 Å². The molecule has 3 fully saturated rings. The van der Waals surface area contributed by atoms with E-state index < -0.39 is 5.97 Å². The van der Waals surface area contributed by atoms with Crippen LogP contribution in [0.1, 0.15) is 112 Å². The van der Waals surface area contributed by atoms with E-state index in [1.807, 2.05) is 23.4 Å². The van der Waals surface area contributed by atoms with Crippen LogP contribution in [-0.4, -0.2) is 52.1 Å². The van der Waals surface area contributed by atoms with Crippen molar-refractivity contribution in [3.8, 4) is 5.75 Å². The van der Waals surface area contributed by atoms with Crippen LogP contribution in [0.15, 0.2) is 24.5 Å². The van der Waals surface area contributed by atoms with Gasteiger partial charge >= 0.3 is 5.97 Å². The maximum Gasteiger partial charge on any atom is 0.348 e. The van der Waals surface area contributed by atoms with Crippen molar-refractivity contribution >= 4 is 28.9 Å². The Labute approximate surface area is 249 Å². The molecule has 2 saturated carbocycles. The summed E-state index contributed by atoms with van der Waals surface area (Å²) in [6, 6.07) is 4.03. The number of thiophene rings is 1. The highest BCUT2D eigenvalue weighted by Crippen LogP contribution is 2.42. The molecule has 224 valence electrons. The third kappa shape index (κ3) is 7.14. The molecule has 5 rings (SSSR count). The lowest BCUT2D eigenvalue weighted by atomic mass is 9.81. The average molecular weight is 582 g/mol. The highest BCUT2D eigenvalue weighted by atomic mass is 32.1. The van der Waals surface area contributed by atoms with Crippen LogP contribution >= 0.6 is 11.3 Å². The standard InChI is InChI=1S/C33H47N3O4S/c1-22-7-9-23(10-8-22)31(37)36(27-19-29(33(2,3)4)41-30(27)32(38)39)25-11-13-26(14-12-25)40-28-20-34-16-15-24(28)21-35-17-5-6-18-35/h15-16,19-20,22-23,25-26H,5-14,17-18,21H2,1-4H3,(H,38,39)/t22?,23?,25-,26-. The lowest BCUT2D eigenvalue weighted by Crippen LogP contribution is -2.47. The highest BCUT2D eigenvalue weighted by Gasteiger charge is 2.38. The van der Waals surface area contributed by atoms with Crippen LogP contribution in [0.3, 0.4) is 0 Å². The molecule has 1 aliphatic heterocycles. The SMILES string of the molecule is CC1CCC(C(=O)N(c2cc(C(C)(C)C)sc2C(=O)O)[C@H]2CC[C@H](Oc3cnccc3CN3CCCC3)CC2)CC1. The minimum Gasteiger partial charge on any atom is -0.488 e. The molecular weight excluding hydrogens is 534 g/mol. The Bertz CT molecular complexity index is 1200. The number of aromatic nitrogens is 1. The zero-order valence-electron chi connectivity index (χ0n) is 25.2. The van der Waals surface area contributed by atoms with E-state index >= 15 is 0 Å². The summed E-state index contributed by atoms with van der Waals surface area (Å²) in [6.45, 7) is 11.7. The Kier molecular flexibility index (Phi) is 9.39. The van der Waals surface area contributed by atoms with Gasteiger partial charge in [-0.3, -0.25) is 14.7 Å². The van der Waals surface area contributed by atoms with Gasteiger partial charge in [0.2, 0.25) is 5.91 Å². The molecule has 2 aromatic rings. The second-order valence-electron chi connectivity index (χ2n) is 13.6. The first-order valence-corrected chi connectivity index (χ1v) is 16.4. The predicted molar refractivity (Wildman–Crippen MR) is 164 cm³/mol. The minimum atomic E-state index is -0.949. The largest absolute Gasteiger partial charge is 0.488 e. The maximum absolute atomic E-state index is 14.2. The van der Waals surface area contributed by atoms with Crippen molar-refractivity contribution in [3.05, 3.63) is 39.8 Å². The molecule has 1 N–H and O–H groups in total. The minimum absolute atomic E-state index is 0.0276. The first-order chi connectivity index (χ1) is 19.6. The number of amides is 1. The Morgan fingerprint density at radius 2 is 1.76 bits per heavy atom. The summed E-state index contributed by atoms with van der Waals surface area (Å²) >= 11 is 1.32. The van der Waals surface area contributed by atoms with E-state index in [1.54, 1.807) is 0 Å². The van der Waals surface area contributed by atoms with Crippen molar-refractivity contribution in [3.63, 3.8) is 0 Å². The van der Waals surface area contributed by atoms with E-state index in [0.29, 0.717) is 11.6 Å². The van der Waals surface area contributed by atoms with Gasteiger partial charge in [-0.05, 0) is 101 Å². The summed E-state index contributed by atoms with van der Waals surface area (Å²) in [5.41, 5.74) is 1.59. The predicted octanol–water partition coefficient (Wildman–Crippen LogP) is 7.28. The zero-order chi connectivity index (χ0) is 29.1. The Balaban J connectivity index is 1.35. The van der Waals surface area contributed by atoms with Gasteiger partial charge in [-0.15, -0.1) is 11.3 Å². The molecule has 8 heteroatoms. The molecule has 2 aliphatic carbocycles. The highest BCUT2D eigenvalue weighted by molar-refractivity contribution is 7.14. The van der Waals surface area contributed by atoms with Gasteiger partial charge in [0.25, 0.3) is 0 Å². The number of nitrogens with zero attached hydrogens (tertiary/aromatic N) is 3. The molecule has 0 aromatic carbocycles. The smallest absolute Gasteiger partial charge is 0.348 e. The van der Waals surface area contributed by atoms with Gasteiger partial charge in [-0.25, -0.2) is 4.79 Å². The third-order valence-corrected chi connectivity index (χ3v) is 10.8. The number of rotatable bonds is 8. The van der Waals surface area contributed by atoms with Crippen LogP contribution in [0.2, 0.25) is 0 Å². The monoisotopic (exact) mass is 581 g/mol. The fourth-order valence-corrected chi connectivity index (χ4v) is 7.76. The molecule has 0 atom stereocenters. The number of carbonyl (C=O) groups is 2. The zero-order valence-corrected chi connectivity index (χ0v) is 26.0. The third-order valence-electron chi connectivity index (χ3n) is 9.27. The van der Waals surface area contributed by atoms with Gasteiger partial charge in [0.1, 0.15) is 10.6 Å². The molecule has 41 heavy (non-hydrogen) atoms.